The Hall–Kier alpha value is -1.14. The number of nitrogen functional groups attached to an aromatic ring is 1. The summed E-state index contributed by atoms with van der Waals surface area (Å²) in [7, 11) is -3.89. The second kappa shape index (κ2) is 4.85. The lowest BCUT2D eigenvalue weighted by atomic mass is 10.2. The molecule has 0 bridgehead atoms. The lowest BCUT2D eigenvalue weighted by molar-refractivity contribution is 0.521. The van der Waals surface area contributed by atoms with E-state index in [0.717, 1.165) is 25.3 Å². The Kier molecular flexibility index (Phi) is 3.59. The molecule has 0 radical (unpaired) electrons. The first-order chi connectivity index (χ1) is 8.40. The van der Waals surface area contributed by atoms with Gasteiger partial charge in [0.15, 0.2) is 0 Å². The zero-order valence-corrected chi connectivity index (χ0v) is 11.0. The summed E-state index contributed by atoms with van der Waals surface area (Å²) in [6.07, 6.45) is 3.08. The van der Waals surface area contributed by atoms with Crippen molar-refractivity contribution < 1.29 is 12.8 Å². The number of hydrogen-bond acceptors (Lipinski definition) is 3. The Morgan fingerprint density at radius 3 is 2.72 bits per heavy atom. The van der Waals surface area contributed by atoms with E-state index in [1.54, 1.807) is 6.92 Å². The molecule has 0 heterocycles. The average Bonchev–Trinajstić information content (AvgIpc) is 2.99. The monoisotopic (exact) mass is 272 g/mol. The lowest BCUT2D eigenvalue weighted by Crippen LogP contribution is -2.33. The summed E-state index contributed by atoms with van der Waals surface area (Å²) in [4.78, 5) is -0.451. The number of halogens is 1. The smallest absolute Gasteiger partial charge is 0.245 e. The van der Waals surface area contributed by atoms with Crippen LogP contribution in [0.4, 0.5) is 10.1 Å². The SMILES string of the molecule is CC(CC1CC1)NS(=O)(=O)c1c(N)cccc1F. The van der Waals surface area contributed by atoms with Crippen molar-refractivity contribution in [2.45, 2.75) is 37.1 Å². The molecule has 1 atom stereocenters. The fourth-order valence-electron chi connectivity index (χ4n) is 2.03. The van der Waals surface area contributed by atoms with Crippen molar-refractivity contribution in [2.24, 2.45) is 5.92 Å². The predicted octanol–water partition coefficient (Wildman–Crippen LogP) is 1.87. The van der Waals surface area contributed by atoms with E-state index < -0.39 is 20.7 Å². The first kappa shape index (κ1) is 13.3. The molecule has 2 rings (SSSR count). The van der Waals surface area contributed by atoms with E-state index >= 15 is 0 Å². The summed E-state index contributed by atoms with van der Waals surface area (Å²) in [5, 5.41) is 0. The lowest BCUT2D eigenvalue weighted by Gasteiger charge is -2.15. The van der Waals surface area contributed by atoms with E-state index in [2.05, 4.69) is 4.72 Å². The Morgan fingerprint density at radius 2 is 2.17 bits per heavy atom. The third-order valence-corrected chi connectivity index (χ3v) is 4.69. The molecular formula is C12H17FN2O2S. The van der Waals surface area contributed by atoms with Crippen molar-refractivity contribution in [3.8, 4) is 0 Å². The van der Waals surface area contributed by atoms with Crippen LogP contribution in [0, 0.1) is 11.7 Å². The molecule has 1 fully saturated rings. The maximum absolute atomic E-state index is 13.6. The topological polar surface area (TPSA) is 72.2 Å². The summed E-state index contributed by atoms with van der Waals surface area (Å²) >= 11 is 0. The second-order valence-electron chi connectivity index (χ2n) is 4.86. The third-order valence-electron chi connectivity index (χ3n) is 3.01. The largest absolute Gasteiger partial charge is 0.398 e. The van der Waals surface area contributed by atoms with E-state index in [-0.39, 0.29) is 11.7 Å². The van der Waals surface area contributed by atoms with Crippen LogP contribution in [0.25, 0.3) is 0 Å². The van der Waals surface area contributed by atoms with Gasteiger partial charge in [-0.25, -0.2) is 17.5 Å². The van der Waals surface area contributed by atoms with Crippen LogP contribution in [0.2, 0.25) is 0 Å². The van der Waals surface area contributed by atoms with Crippen molar-refractivity contribution in [1.29, 1.82) is 0 Å². The fraction of sp³-hybridized carbons (Fsp3) is 0.500. The Bertz CT molecular complexity index is 521. The molecule has 18 heavy (non-hydrogen) atoms. The molecule has 4 nitrogen and oxygen atoms in total. The molecule has 0 aliphatic heterocycles. The van der Waals surface area contributed by atoms with Crippen molar-refractivity contribution >= 4 is 15.7 Å². The zero-order valence-electron chi connectivity index (χ0n) is 10.2. The van der Waals surface area contributed by atoms with Gasteiger partial charge in [0.25, 0.3) is 0 Å². The number of hydrogen-bond donors (Lipinski definition) is 2. The first-order valence-electron chi connectivity index (χ1n) is 5.96. The number of benzene rings is 1. The fourth-order valence-corrected chi connectivity index (χ4v) is 3.48. The van der Waals surface area contributed by atoms with Crippen LogP contribution in [-0.2, 0) is 10.0 Å². The molecule has 1 unspecified atom stereocenters. The zero-order chi connectivity index (χ0) is 13.3. The summed E-state index contributed by atoms with van der Waals surface area (Å²) < 4.78 is 40.2. The summed E-state index contributed by atoms with van der Waals surface area (Å²) in [5.41, 5.74) is 5.47. The van der Waals surface area contributed by atoms with Crippen LogP contribution < -0.4 is 10.5 Å². The summed E-state index contributed by atoms with van der Waals surface area (Å²) in [6.45, 7) is 1.78. The van der Waals surface area contributed by atoms with Gasteiger partial charge < -0.3 is 5.73 Å². The highest BCUT2D eigenvalue weighted by atomic mass is 32.2. The van der Waals surface area contributed by atoms with Gasteiger partial charge in [-0.3, -0.25) is 0 Å². The predicted molar refractivity (Wildman–Crippen MR) is 67.9 cm³/mol. The molecule has 0 aromatic heterocycles. The van der Waals surface area contributed by atoms with Crippen LogP contribution in [0.3, 0.4) is 0 Å². The van der Waals surface area contributed by atoms with Crippen LogP contribution in [0.5, 0.6) is 0 Å². The van der Waals surface area contributed by atoms with Gasteiger partial charge >= 0.3 is 0 Å². The minimum absolute atomic E-state index is 0.0684. The average molecular weight is 272 g/mol. The van der Waals surface area contributed by atoms with Gasteiger partial charge in [-0.05, 0) is 31.4 Å². The maximum Gasteiger partial charge on any atom is 0.245 e. The van der Waals surface area contributed by atoms with Crippen LogP contribution in [-0.4, -0.2) is 14.5 Å². The Morgan fingerprint density at radius 1 is 1.50 bits per heavy atom. The number of sulfonamides is 1. The molecule has 1 aromatic carbocycles. The highest BCUT2D eigenvalue weighted by molar-refractivity contribution is 7.89. The van der Waals surface area contributed by atoms with Crippen molar-refractivity contribution in [3.05, 3.63) is 24.0 Å². The van der Waals surface area contributed by atoms with Gasteiger partial charge in [0.2, 0.25) is 10.0 Å². The van der Waals surface area contributed by atoms with Gasteiger partial charge in [0.05, 0.1) is 5.69 Å². The van der Waals surface area contributed by atoms with Crippen LogP contribution >= 0.6 is 0 Å². The maximum atomic E-state index is 13.6. The number of nitrogens with one attached hydrogen (secondary N) is 1. The summed E-state index contributed by atoms with van der Waals surface area (Å²) in [6, 6.07) is 3.65. The molecule has 0 spiro atoms. The standard InChI is InChI=1S/C12H17FN2O2S/c1-8(7-9-5-6-9)15-18(16,17)12-10(13)3-2-4-11(12)14/h2-4,8-9,15H,5-7,14H2,1H3. The van der Waals surface area contributed by atoms with Gasteiger partial charge in [-0.2, -0.15) is 0 Å². The van der Waals surface area contributed by atoms with E-state index in [1.165, 1.54) is 12.1 Å². The van der Waals surface area contributed by atoms with Crippen LogP contribution in [0.1, 0.15) is 26.2 Å². The number of rotatable bonds is 5. The Balaban J connectivity index is 2.19. The molecule has 1 aromatic rings. The van der Waals surface area contributed by atoms with Gasteiger partial charge in [0, 0.05) is 6.04 Å². The molecule has 3 N–H and O–H groups in total. The third kappa shape index (κ3) is 3.00. The van der Waals surface area contributed by atoms with E-state index in [1.807, 2.05) is 0 Å². The molecule has 0 amide bonds. The van der Waals surface area contributed by atoms with E-state index in [9.17, 15) is 12.8 Å². The van der Waals surface area contributed by atoms with Gasteiger partial charge in [-0.15, -0.1) is 0 Å². The molecular weight excluding hydrogens is 255 g/mol. The summed E-state index contributed by atoms with van der Waals surface area (Å²) in [5.74, 6) is -0.221. The van der Waals surface area contributed by atoms with Gasteiger partial charge in [-0.1, -0.05) is 18.9 Å². The van der Waals surface area contributed by atoms with Crippen molar-refractivity contribution in [2.75, 3.05) is 5.73 Å². The highest BCUT2D eigenvalue weighted by Crippen LogP contribution is 2.33. The molecule has 1 aliphatic rings. The normalized spacial score (nSPS) is 17.7. The molecule has 1 saturated carbocycles. The highest BCUT2D eigenvalue weighted by Gasteiger charge is 2.28. The molecule has 0 saturated heterocycles. The first-order valence-corrected chi connectivity index (χ1v) is 7.45. The van der Waals surface area contributed by atoms with E-state index in [0.29, 0.717) is 5.92 Å². The number of nitrogens with two attached hydrogens (primary N) is 1. The second-order valence-corrected chi connectivity index (χ2v) is 6.51. The van der Waals surface area contributed by atoms with Crippen molar-refractivity contribution in [3.63, 3.8) is 0 Å². The molecule has 100 valence electrons. The minimum Gasteiger partial charge on any atom is -0.398 e. The molecule has 1 aliphatic carbocycles. The Labute approximate surface area is 106 Å². The minimum atomic E-state index is -3.89. The molecule has 6 heteroatoms. The number of anilines is 1. The van der Waals surface area contributed by atoms with Crippen molar-refractivity contribution in [1.82, 2.24) is 4.72 Å². The quantitative estimate of drug-likeness (QED) is 0.804. The van der Waals surface area contributed by atoms with Gasteiger partial charge in [0.1, 0.15) is 10.7 Å². The van der Waals surface area contributed by atoms with E-state index in [4.69, 9.17) is 5.73 Å². The van der Waals surface area contributed by atoms with Crippen LogP contribution in [0.15, 0.2) is 23.1 Å².